The van der Waals surface area contributed by atoms with E-state index in [1.807, 2.05) is 13.8 Å². The van der Waals surface area contributed by atoms with Gasteiger partial charge in [-0.1, -0.05) is 38.1 Å². The molecular weight excluding hydrogens is 340 g/mol. The number of rotatable bonds is 4. The number of methoxy groups -OCH3 is 1. The highest BCUT2D eigenvalue weighted by molar-refractivity contribution is 7.91. The Balaban J connectivity index is 2.17. The Morgan fingerprint density at radius 1 is 1.04 bits per heavy atom. The van der Waals surface area contributed by atoms with Crippen LogP contribution in [-0.2, 0) is 9.84 Å². The van der Waals surface area contributed by atoms with Gasteiger partial charge in [0.25, 0.3) is 0 Å². The van der Waals surface area contributed by atoms with Gasteiger partial charge in [-0.25, -0.2) is 13.2 Å². The van der Waals surface area contributed by atoms with Crippen molar-refractivity contribution < 1.29 is 17.6 Å². The molecule has 0 fully saturated rings. The lowest BCUT2D eigenvalue weighted by molar-refractivity contribution is 0.405. The van der Waals surface area contributed by atoms with Crippen molar-refractivity contribution in [1.82, 2.24) is 0 Å². The summed E-state index contributed by atoms with van der Waals surface area (Å²) in [4.78, 5) is 12.0. The van der Waals surface area contributed by atoms with Gasteiger partial charge in [0.15, 0.2) is 16.2 Å². The SMILES string of the molecule is COc1cccc2cc(S(=O)(=O)c3ccc(C(C)C)cc3)c(=O)oc12. The van der Waals surface area contributed by atoms with Gasteiger partial charge >= 0.3 is 5.63 Å². The van der Waals surface area contributed by atoms with Crippen molar-refractivity contribution >= 4 is 20.8 Å². The van der Waals surface area contributed by atoms with E-state index in [0.29, 0.717) is 11.1 Å². The maximum atomic E-state index is 12.8. The zero-order valence-corrected chi connectivity index (χ0v) is 15.0. The zero-order valence-electron chi connectivity index (χ0n) is 14.1. The Kier molecular flexibility index (Phi) is 4.39. The molecule has 0 aliphatic heterocycles. The van der Waals surface area contributed by atoms with E-state index in [9.17, 15) is 13.2 Å². The molecule has 25 heavy (non-hydrogen) atoms. The molecule has 1 aromatic heterocycles. The van der Waals surface area contributed by atoms with Gasteiger partial charge in [-0.05, 0) is 35.7 Å². The fourth-order valence-electron chi connectivity index (χ4n) is 2.61. The van der Waals surface area contributed by atoms with E-state index < -0.39 is 15.5 Å². The molecule has 0 atom stereocenters. The Morgan fingerprint density at radius 2 is 1.72 bits per heavy atom. The second kappa shape index (κ2) is 6.37. The van der Waals surface area contributed by atoms with E-state index in [-0.39, 0.29) is 21.3 Å². The number of fused-ring (bicyclic) bond motifs is 1. The van der Waals surface area contributed by atoms with E-state index in [1.54, 1.807) is 30.3 Å². The number of para-hydroxylation sites is 1. The van der Waals surface area contributed by atoms with Gasteiger partial charge < -0.3 is 9.15 Å². The Hall–Kier alpha value is -2.60. The summed E-state index contributed by atoms with van der Waals surface area (Å²) in [6.45, 7) is 4.05. The van der Waals surface area contributed by atoms with Crippen molar-refractivity contribution in [1.29, 1.82) is 0 Å². The topological polar surface area (TPSA) is 73.6 Å². The molecule has 3 aromatic rings. The van der Waals surface area contributed by atoms with Crippen molar-refractivity contribution in [2.45, 2.75) is 29.6 Å². The lowest BCUT2D eigenvalue weighted by atomic mass is 10.0. The van der Waals surface area contributed by atoms with Gasteiger partial charge in [0.1, 0.15) is 0 Å². The molecule has 130 valence electrons. The largest absolute Gasteiger partial charge is 0.493 e. The van der Waals surface area contributed by atoms with Gasteiger partial charge in [-0.3, -0.25) is 0 Å². The van der Waals surface area contributed by atoms with Crippen molar-refractivity contribution in [3.8, 4) is 5.75 Å². The highest BCUT2D eigenvalue weighted by atomic mass is 32.2. The van der Waals surface area contributed by atoms with E-state index in [2.05, 4.69) is 0 Å². The first-order chi connectivity index (χ1) is 11.8. The van der Waals surface area contributed by atoms with Crippen LogP contribution in [0.5, 0.6) is 5.75 Å². The van der Waals surface area contributed by atoms with Crippen LogP contribution in [0.3, 0.4) is 0 Å². The van der Waals surface area contributed by atoms with Crippen LogP contribution in [0.15, 0.2) is 67.5 Å². The van der Waals surface area contributed by atoms with E-state index in [4.69, 9.17) is 9.15 Å². The molecule has 0 N–H and O–H groups in total. The van der Waals surface area contributed by atoms with Crippen LogP contribution in [0.2, 0.25) is 0 Å². The van der Waals surface area contributed by atoms with Crippen molar-refractivity contribution in [3.63, 3.8) is 0 Å². The molecule has 5 nitrogen and oxygen atoms in total. The molecule has 0 radical (unpaired) electrons. The minimum Gasteiger partial charge on any atom is -0.493 e. The maximum absolute atomic E-state index is 12.8. The number of ether oxygens (including phenoxy) is 1. The molecule has 0 saturated heterocycles. The van der Waals surface area contributed by atoms with Gasteiger partial charge in [0.05, 0.1) is 12.0 Å². The highest BCUT2D eigenvalue weighted by Crippen LogP contribution is 2.28. The smallest absolute Gasteiger partial charge is 0.355 e. The Morgan fingerprint density at radius 3 is 2.32 bits per heavy atom. The average molecular weight is 358 g/mol. The molecule has 0 aliphatic rings. The molecule has 6 heteroatoms. The number of hydrogen-bond donors (Lipinski definition) is 0. The molecule has 0 saturated carbocycles. The molecule has 2 aromatic carbocycles. The first-order valence-corrected chi connectivity index (χ1v) is 9.29. The van der Waals surface area contributed by atoms with Crippen LogP contribution < -0.4 is 10.4 Å². The van der Waals surface area contributed by atoms with Gasteiger partial charge in [0, 0.05) is 5.39 Å². The predicted octanol–water partition coefficient (Wildman–Crippen LogP) is 3.76. The molecule has 0 amide bonds. The van der Waals surface area contributed by atoms with Crippen LogP contribution in [0.25, 0.3) is 11.0 Å². The van der Waals surface area contributed by atoms with Crippen molar-refractivity contribution in [2.24, 2.45) is 0 Å². The molecule has 0 unspecified atom stereocenters. The van der Waals surface area contributed by atoms with Crippen LogP contribution >= 0.6 is 0 Å². The van der Waals surface area contributed by atoms with Crippen molar-refractivity contribution in [3.05, 3.63) is 64.5 Å². The monoisotopic (exact) mass is 358 g/mol. The highest BCUT2D eigenvalue weighted by Gasteiger charge is 2.24. The van der Waals surface area contributed by atoms with Crippen LogP contribution in [0.1, 0.15) is 25.3 Å². The molecule has 0 bridgehead atoms. The Bertz CT molecular complexity index is 1080. The van der Waals surface area contributed by atoms with Gasteiger partial charge in [-0.2, -0.15) is 0 Å². The Labute approximate surface area is 145 Å². The van der Waals surface area contributed by atoms with E-state index >= 15 is 0 Å². The van der Waals surface area contributed by atoms with E-state index in [1.165, 1.54) is 25.3 Å². The lowest BCUT2D eigenvalue weighted by Crippen LogP contribution is -2.14. The quantitative estimate of drug-likeness (QED) is 0.664. The standard InChI is InChI=1S/C19H18O5S/c1-12(2)13-7-9-15(10-8-13)25(21,22)17-11-14-5-4-6-16(23-3)18(14)24-19(17)20/h4-12H,1-3H3. The number of hydrogen-bond acceptors (Lipinski definition) is 5. The fourth-order valence-corrected chi connectivity index (χ4v) is 3.90. The van der Waals surface area contributed by atoms with Crippen molar-refractivity contribution in [2.75, 3.05) is 7.11 Å². The molecular formula is C19H18O5S. The summed E-state index contributed by atoms with van der Waals surface area (Å²) >= 11 is 0. The third kappa shape index (κ3) is 3.05. The third-order valence-electron chi connectivity index (χ3n) is 4.06. The summed E-state index contributed by atoms with van der Waals surface area (Å²) in [6, 6.07) is 12.9. The predicted molar refractivity (Wildman–Crippen MR) is 95.0 cm³/mol. The van der Waals surface area contributed by atoms with E-state index in [0.717, 1.165) is 5.56 Å². The van der Waals surface area contributed by atoms with Gasteiger partial charge in [0.2, 0.25) is 9.84 Å². The number of benzene rings is 2. The first kappa shape index (κ1) is 17.2. The summed E-state index contributed by atoms with van der Waals surface area (Å²) in [5, 5.41) is 0.483. The fraction of sp³-hybridized carbons (Fsp3) is 0.211. The normalized spacial score (nSPS) is 11.8. The van der Waals surface area contributed by atoms with Crippen LogP contribution in [0.4, 0.5) is 0 Å². The van der Waals surface area contributed by atoms with Gasteiger partial charge in [-0.15, -0.1) is 0 Å². The summed E-state index contributed by atoms with van der Waals surface area (Å²) in [7, 11) is -2.52. The zero-order chi connectivity index (χ0) is 18.2. The summed E-state index contributed by atoms with van der Waals surface area (Å²) in [5.74, 6) is 0.662. The minimum absolute atomic E-state index is 0.0615. The second-order valence-electron chi connectivity index (χ2n) is 6.00. The summed E-state index contributed by atoms with van der Waals surface area (Å²) < 4.78 is 36.1. The maximum Gasteiger partial charge on any atom is 0.355 e. The molecule has 0 spiro atoms. The third-order valence-corrected chi connectivity index (χ3v) is 5.81. The molecule has 1 heterocycles. The molecule has 0 aliphatic carbocycles. The summed E-state index contributed by atoms with van der Waals surface area (Å²) in [6.07, 6.45) is 0. The lowest BCUT2D eigenvalue weighted by Gasteiger charge is -2.09. The van der Waals surface area contributed by atoms with Crippen LogP contribution in [-0.4, -0.2) is 15.5 Å². The average Bonchev–Trinajstić information content (AvgIpc) is 2.60. The molecule has 3 rings (SSSR count). The first-order valence-electron chi connectivity index (χ1n) is 7.80. The number of sulfone groups is 1. The van der Waals surface area contributed by atoms with Crippen LogP contribution in [0, 0.1) is 0 Å². The summed E-state index contributed by atoms with van der Waals surface area (Å²) in [5.41, 5.74) is 0.336. The second-order valence-corrected chi connectivity index (χ2v) is 7.92. The minimum atomic E-state index is -3.97.